The van der Waals surface area contributed by atoms with Crippen LogP contribution in [0.2, 0.25) is 0 Å². The maximum absolute atomic E-state index is 2.28. The number of hydrogen-bond acceptors (Lipinski definition) is 2. The van der Waals surface area contributed by atoms with Gasteiger partial charge in [0.2, 0.25) is 0 Å². The van der Waals surface area contributed by atoms with Crippen LogP contribution in [-0.4, -0.2) is 13.3 Å². The van der Waals surface area contributed by atoms with E-state index in [1.165, 1.54) is 33.0 Å². The van der Waals surface area contributed by atoms with E-state index < -0.39 is 0 Å². The first-order valence-corrected chi connectivity index (χ1v) is 7.64. The predicted molar refractivity (Wildman–Crippen MR) is 86.2 cm³/mol. The number of allylic oxidation sites excluding steroid dienone is 1. The normalized spacial score (nSPS) is 13.0. The molecule has 3 rings (SSSR count). The minimum atomic E-state index is 1.28. The third-order valence-electron chi connectivity index (χ3n) is 3.73. The minimum absolute atomic E-state index is 1.28. The third-order valence-corrected chi connectivity index (χ3v) is 4.54. The Hall–Kier alpha value is -1.67. The maximum atomic E-state index is 2.28. The van der Waals surface area contributed by atoms with Gasteiger partial charge in [0.05, 0.1) is 0 Å². The highest BCUT2D eigenvalue weighted by molar-refractivity contribution is 8.02. The van der Waals surface area contributed by atoms with E-state index in [4.69, 9.17) is 0 Å². The van der Waals surface area contributed by atoms with Crippen LogP contribution in [0.1, 0.15) is 18.1 Å². The van der Waals surface area contributed by atoms with Gasteiger partial charge in [-0.3, -0.25) is 0 Å². The Morgan fingerprint density at radius 2 is 1.37 bits per heavy atom. The molecular weight excluding hydrogens is 250 g/mol. The lowest BCUT2D eigenvalue weighted by Gasteiger charge is -2.32. The number of nitrogens with zero attached hydrogens (tertiary/aromatic N) is 1. The lowest BCUT2D eigenvalue weighted by atomic mass is 9.90. The van der Waals surface area contributed by atoms with E-state index in [0.717, 1.165) is 0 Å². The number of anilines is 2. The van der Waals surface area contributed by atoms with E-state index in [0.29, 0.717) is 0 Å². The Bertz CT molecular complexity index is 608. The minimum Gasteiger partial charge on any atom is -0.344 e. The molecule has 0 N–H and O–H groups in total. The van der Waals surface area contributed by atoms with Crippen molar-refractivity contribution in [1.29, 1.82) is 0 Å². The first kappa shape index (κ1) is 12.4. The summed E-state index contributed by atoms with van der Waals surface area (Å²) in [4.78, 5) is 3.65. The second-order valence-corrected chi connectivity index (χ2v) is 5.75. The number of thioether (sulfide) groups is 1. The fraction of sp³-hybridized carbons (Fsp3) is 0.176. The van der Waals surface area contributed by atoms with Gasteiger partial charge in [-0.15, -0.1) is 11.8 Å². The van der Waals surface area contributed by atoms with Crippen molar-refractivity contribution < 1.29 is 0 Å². The van der Waals surface area contributed by atoms with Gasteiger partial charge >= 0.3 is 0 Å². The number of para-hydroxylation sites is 2. The standard InChI is InChI=1S/C17H17NS/c1-12(19-3)17-13-8-4-6-10-15(13)18(2)16-11-7-5-9-14(16)17/h4-11H,1-3H3. The van der Waals surface area contributed by atoms with E-state index >= 15 is 0 Å². The van der Waals surface area contributed by atoms with Crippen molar-refractivity contribution in [3.8, 4) is 0 Å². The average Bonchev–Trinajstić information content (AvgIpc) is 2.47. The SMILES string of the molecule is CSC(C)=C1c2ccccc2N(C)c2ccccc21. The molecule has 2 aromatic rings. The molecule has 2 heteroatoms. The summed E-state index contributed by atoms with van der Waals surface area (Å²) in [5.41, 5.74) is 6.59. The number of hydrogen-bond donors (Lipinski definition) is 0. The van der Waals surface area contributed by atoms with E-state index in [1.807, 2.05) is 11.8 Å². The van der Waals surface area contributed by atoms with Crippen molar-refractivity contribution in [2.24, 2.45) is 0 Å². The molecule has 0 unspecified atom stereocenters. The van der Waals surface area contributed by atoms with Crippen LogP contribution in [-0.2, 0) is 0 Å². The van der Waals surface area contributed by atoms with Crippen LogP contribution in [0.15, 0.2) is 53.4 Å². The molecule has 2 aromatic carbocycles. The lowest BCUT2D eigenvalue weighted by Crippen LogP contribution is -2.18. The Labute approximate surface area is 119 Å². The Balaban J connectivity index is 2.36. The van der Waals surface area contributed by atoms with Crippen molar-refractivity contribution in [2.75, 3.05) is 18.2 Å². The first-order chi connectivity index (χ1) is 9.24. The van der Waals surface area contributed by atoms with Crippen LogP contribution in [0.4, 0.5) is 11.4 Å². The summed E-state index contributed by atoms with van der Waals surface area (Å²) in [5.74, 6) is 0. The summed E-state index contributed by atoms with van der Waals surface area (Å²) >= 11 is 1.82. The molecule has 0 aliphatic carbocycles. The average molecular weight is 267 g/mol. The van der Waals surface area contributed by atoms with Gasteiger partial charge in [0.15, 0.2) is 0 Å². The Morgan fingerprint density at radius 3 is 1.84 bits per heavy atom. The molecule has 0 saturated carbocycles. The molecular formula is C17H17NS. The van der Waals surface area contributed by atoms with E-state index in [-0.39, 0.29) is 0 Å². The molecule has 96 valence electrons. The molecule has 0 radical (unpaired) electrons. The molecule has 0 fully saturated rings. The maximum Gasteiger partial charge on any atom is 0.0488 e. The zero-order valence-corrected chi connectivity index (χ0v) is 12.3. The van der Waals surface area contributed by atoms with E-state index in [2.05, 4.69) is 73.7 Å². The van der Waals surface area contributed by atoms with Gasteiger partial charge in [0.1, 0.15) is 0 Å². The van der Waals surface area contributed by atoms with Crippen molar-refractivity contribution in [3.63, 3.8) is 0 Å². The monoisotopic (exact) mass is 267 g/mol. The summed E-state index contributed by atoms with van der Waals surface area (Å²) in [6, 6.07) is 17.3. The van der Waals surface area contributed by atoms with Crippen LogP contribution in [0, 0.1) is 0 Å². The molecule has 0 atom stereocenters. The van der Waals surface area contributed by atoms with E-state index in [1.54, 1.807) is 0 Å². The third kappa shape index (κ3) is 1.87. The van der Waals surface area contributed by atoms with Crippen molar-refractivity contribution in [1.82, 2.24) is 0 Å². The lowest BCUT2D eigenvalue weighted by molar-refractivity contribution is 1.17. The van der Waals surface area contributed by atoms with Gasteiger partial charge in [-0.1, -0.05) is 36.4 Å². The molecule has 0 spiro atoms. The smallest absolute Gasteiger partial charge is 0.0488 e. The molecule has 1 nitrogen and oxygen atoms in total. The van der Waals surface area contributed by atoms with Gasteiger partial charge in [-0.25, -0.2) is 0 Å². The van der Waals surface area contributed by atoms with Gasteiger partial charge in [-0.2, -0.15) is 0 Å². The van der Waals surface area contributed by atoms with Crippen LogP contribution < -0.4 is 4.90 Å². The second kappa shape index (κ2) is 4.78. The van der Waals surface area contributed by atoms with Crippen LogP contribution in [0.25, 0.3) is 5.57 Å². The highest BCUT2D eigenvalue weighted by atomic mass is 32.2. The van der Waals surface area contributed by atoms with Gasteiger partial charge in [0, 0.05) is 35.1 Å². The quantitative estimate of drug-likeness (QED) is 0.722. The van der Waals surface area contributed by atoms with Crippen molar-refractivity contribution >= 4 is 28.7 Å². The van der Waals surface area contributed by atoms with Gasteiger partial charge < -0.3 is 4.90 Å². The largest absolute Gasteiger partial charge is 0.344 e. The number of rotatable bonds is 1. The van der Waals surface area contributed by atoms with Gasteiger partial charge in [0.25, 0.3) is 0 Å². The summed E-state index contributed by atoms with van der Waals surface area (Å²) in [6.07, 6.45) is 2.14. The highest BCUT2D eigenvalue weighted by Gasteiger charge is 2.24. The fourth-order valence-electron chi connectivity index (χ4n) is 2.71. The first-order valence-electron chi connectivity index (χ1n) is 6.41. The molecule has 19 heavy (non-hydrogen) atoms. The van der Waals surface area contributed by atoms with Gasteiger partial charge in [-0.05, 0) is 30.2 Å². The molecule has 0 aromatic heterocycles. The van der Waals surface area contributed by atoms with Crippen LogP contribution in [0.5, 0.6) is 0 Å². The number of benzene rings is 2. The Morgan fingerprint density at radius 1 is 0.895 bits per heavy atom. The summed E-state index contributed by atoms with van der Waals surface area (Å²) in [6.45, 7) is 2.21. The second-order valence-electron chi connectivity index (χ2n) is 4.73. The summed E-state index contributed by atoms with van der Waals surface area (Å²) in [5, 5.41) is 0. The summed E-state index contributed by atoms with van der Waals surface area (Å²) < 4.78 is 0. The summed E-state index contributed by atoms with van der Waals surface area (Å²) in [7, 11) is 2.14. The molecule has 0 amide bonds. The van der Waals surface area contributed by atoms with Crippen molar-refractivity contribution in [3.05, 3.63) is 64.6 Å². The zero-order chi connectivity index (χ0) is 13.4. The Kier molecular flexibility index (Phi) is 3.11. The number of fused-ring (bicyclic) bond motifs is 2. The predicted octanol–water partition coefficient (Wildman–Crippen LogP) is 4.91. The van der Waals surface area contributed by atoms with Crippen molar-refractivity contribution in [2.45, 2.75) is 6.92 Å². The molecule has 1 heterocycles. The zero-order valence-electron chi connectivity index (χ0n) is 11.5. The van der Waals surface area contributed by atoms with Crippen LogP contribution >= 0.6 is 11.8 Å². The highest BCUT2D eigenvalue weighted by Crippen LogP contribution is 2.46. The molecule has 1 aliphatic rings. The van der Waals surface area contributed by atoms with E-state index in [9.17, 15) is 0 Å². The molecule has 0 saturated heterocycles. The fourth-order valence-corrected chi connectivity index (χ4v) is 3.14. The van der Waals surface area contributed by atoms with Crippen LogP contribution in [0.3, 0.4) is 0 Å². The topological polar surface area (TPSA) is 3.24 Å². The molecule has 0 bridgehead atoms. The molecule has 1 aliphatic heterocycles.